The molecular weight excluding hydrogens is 781 g/mol. The standard InChI is InChI=1S/C46H56N6O7S/c1-11-59-28-42-49-43-44(52(42)27-33-15-18-36(55-7)23-40(33)58-10)45(60-41-19-12-30(20-37(41)47)24-50(3)4)29(2)48-46(43)51(25-31-13-16-34(53-5)21-38(31)56-8)26-32-14-17-35(54-6)22-39(32)57-9/h12-23H,11,24-28,47H2,1-10H3. The fraction of sp³-hybridized carbons (Fsp3) is 0.348. The molecule has 318 valence electrons. The molecule has 0 unspecified atom stereocenters. The molecule has 0 aliphatic carbocycles. The average Bonchev–Trinajstić information content (AvgIpc) is 3.61. The summed E-state index contributed by atoms with van der Waals surface area (Å²) in [6, 6.07) is 23.8. The summed E-state index contributed by atoms with van der Waals surface area (Å²) in [4.78, 5) is 17.0. The molecule has 6 aromatic rings. The number of hydrogen-bond acceptors (Lipinski definition) is 13. The van der Waals surface area contributed by atoms with Crippen LogP contribution in [0.3, 0.4) is 0 Å². The largest absolute Gasteiger partial charge is 0.497 e. The Kier molecular flexibility index (Phi) is 14.5. The van der Waals surface area contributed by atoms with Crippen LogP contribution in [0.5, 0.6) is 34.5 Å². The predicted molar refractivity (Wildman–Crippen MR) is 238 cm³/mol. The number of nitrogens with two attached hydrogens (primary N) is 1. The average molecular weight is 837 g/mol. The third-order valence-electron chi connectivity index (χ3n) is 10.1. The van der Waals surface area contributed by atoms with Gasteiger partial charge in [-0.05, 0) is 82.0 Å². The Morgan fingerprint density at radius 2 is 1.22 bits per heavy atom. The summed E-state index contributed by atoms with van der Waals surface area (Å²) in [6.07, 6.45) is 0. The molecule has 2 N–H and O–H groups in total. The summed E-state index contributed by atoms with van der Waals surface area (Å²) in [7, 11) is 14.0. The zero-order valence-corrected chi connectivity index (χ0v) is 37.1. The van der Waals surface area contributed by atoms with Gasteiger partial charge in [0.05, 0.1) is 65.3 Å². The molecule has 0 saturated carbocycles. The lowest BCUT2D eigenvalue weighted by atomic mass is 10.1. The van der Waals surface area contributed by atoms with Gasteiger partial charge in [0.2, 0.25) is 0 Å². The molecule has 0 fully saturated rings. The molecule has 0 bridgehead atoms. The number of pyridine rings is 1. The lowest BCUT2D eigenvalue weighted by Crippen LogP contribution is -2.25. The van der Waals surface area contributed by atoms with Gasteiger partial charge < -0.3 is 53.3 Å². The lowest BCUT2D eigenvalue weighted by Gasteiger charge is -2.27. The first kappa shape index (κ1) is 43.7. The number of rotatable bonds is 20. The van der Waals surface area contributed by atoms with E-state index in [1.165, 1.54) is 0 Å². The highest BCUT2D eigenvalue weighted by Crippen LogP contribution is 2.43. The molecule has 0 spiro atoms. The van der Waals surface area contributed by atoms with Crippen molar-refractivity contribution in [1.29, 1.82) is 0 Å². The van der Waals surface area contributed by atoms with E-state index in [1.54, 1.807) is 54.4 Å². The minimum atomic E-state index is 0.270. The SMILES string of the molecule is CCOCc1nc2c(N(Cc3ccc(OC)cc3OC)Cc3ccc(OC)cc3OC)nc(C)c(Sc3ccc(CN(C)C)cc3N)c2n1Cc1ccc(OC)cc1OC. The summed E-state index contributed by atoms with van der Waals surface area (Å²) in [5, 5.41) is 0. The van der Waals surface area contributed by atoms with Gasteiger partial charge in [0.1, 0.15) is 52.4 Å². The van der Waals surface area contributed by atoms with E-state index >= 15 is 0 Å². The Labute approximate surface area is 357 Å². The van der Waals surface area contributed by atoms with Crippen LogP contribution in [0.4, 0.5) is 11.5 Å². The van der Waals surface area contributed by atoms with Crippen LogP contribution in [0.2, 0.25) is 0 Å². The van der Waals surface area contributed by atoms with Crippen LogP contribution >= 0.6 is 11.8 Å². The van der Waals surface area contributed by atoms with Gasteiger partial charge in [-0.3, -0.25) is 0 Å². The second kappa shape index (κ2) is 19.9. The molecule has 0 atom stereocenters. The second-order valence-electron chi connectivity index (χ2n) is 14.4. The predicted octanol–water partition coefficient (Wildman–Crippen LogP) is 8.38. The van der Waals surface area contributed by atoms with E-state index in [2.05, 4.69) is 26.5 Å². The number of hydrogen-bond donors (Lipinski definition) is 1. The molecule has 0 aliphatic heterocycles. The molecule has 13 nitrogen and oxygen atoms in total. The molecule has 0 saturated heterocycles. The van der Waals surface area contributed by atoms with E-state index in [0.717, 1.165) is 55.6 Å². The van der Waals surface area contributed by atoms with Crippen molar-refractivity contribution in [1.82, 2.24) is 19.4 Å². The lowest BCUT2D eigenvalue weighted by molar-refractivity contribution is 0.126. The molecule has 6 rings (SSSR count). The number of methoxy groups -OCH3 is 6. The molecule has 2 heterocycles. The fourth-order valence-electron chi connectivity index (χ4n) is 7.13. The fourth-order valence-corrected chi connectivity index (χ4v) is 8.16. The number of nitrogen functional groups attached to an aromatic ring is 1. The van der Waals surface area contributed by atoms with E-state index in [0.29, 0.717) is 77.8 Å². The molecule has 0 amide bonds. The van der Waals surface area contributed by atoms with Gasteiger partial charge in [-0.25, -0.2) is 9.97 Å². The third kappa shape index (κ3) is 9.78. The van der Waals surface area contributed by atoms with Crippen molar-refractivity contribution in [3.63, 3.8) is 0 Å². The van der Waals surface area contributed by atoms with Gasteiger partial charge in [-0.1, -0.05) is 17.8 Å². The van der Waals surface area contributed by atoms with E-state index in [1.807, 2.05) is 88.6 Å². The van der Waals surface area contributed by atoms with Crippen LogP contribution in [0.25, 0.3) is 11.0 Å². The zero-order chi connectivity index (χ0) is 42.9. The van der Waals surface area contributed by atoms with Crippen LogP contribution < -0.4 is 39.1 Å². The van der Waals surface area contributed by atoms with Gasteiger partial charge >= 0.3 is 0 Å². The van der Waals surface area contributed by atoms with E-state index in [9.17, 15) is 0 Å². The van der Waals surface area contributed by atoms with E-state index < -0.39 is 0 Å². The van der Waals surface area contributed by atoms with Crippen molar-refractivity contribution in [2.45, 2.75) is 56.4 Å². The van der Waals surface area contributed by atoms with Crippen molar-refractivity contribution < 1.29 is 33.2 Å². The van der Waals surface area contributed by atoms with Crippen LogP contribution in [0.1, 0.15) is 40.7 Å². The highest BCUT2D eigenvalue weighted by Gasteiger charge is 2.27. The molecule has 0 radical (unpaired) electrons. The van der Waals surface area contributed by atoms with Crippen LogP contribution in [0.15, 0.2) is 82.6 Å². The maximum absolute atomic E-state index is 6.80. The van der Waals surface area contributed by atoms with Gasteiger partial charge in [-0.15, -0.1) is 0 Å². The first-order chi connectivity index (χ1) is 29.0. The minimum absolute atomic E-state index is 0.270. The smallest absolute Gasteiger partial charge is 0.157 e. The summed E-state index contributed by atoms with van der Waals surface area (Å²) < 4.78 is 42.7. The van der Waals surface area contributed by atoms with Gasteiger partial charge in [0.15, 0.2) is 5.82 Å². The highest BCUT2D eigenvalue weighted by molar-refractivity contribution is 7.99. The Hall–Kier alpha value is -5.83. The molecule has 4 aromatic carbocycles. The molecule has 2 aromatic heterocycles. The first-order valence-electron chi connectivity index (χ1n) is 19.6. The zero-order valence-electron chi connectivity index (χ0n) is 36.3. The Morgan fingerprint density at radius 3 is 1.72 bits per heavy atom. The maximum Gasteiger partial charge on any atom is 0.157 e. The van der Waals surface area contributed by atoms with Crippen LogP contribution in [-0.4, -0.2) is 82.8 Å². The number of ether oxygens (including phenoxy) is 7. The number of nitrogens with zero attached hydrogens (tertiary/aromatic N) is 5. The number of anilines is 2. The topological polar surface area (TPSA) is 128 Å². The number of benzene rings is 4. The molecule has 60 heavy (non-hydrogen) atoms. The number of aromatic nitrogens is 3. The Bertz CT molecular complexity index is 2360. The first-order valence-corrected chi connectivity index (χ1v) is 20.4. The van der Waals surface area contributed by atoms with Crippen LogP contribution in [-0.2, 0) is 37.5 Å². The van der Waals surface area contributed by atoms with Crippen molar-refractivity contribution in [3.05, 3.63) is 107 Å². The monoisotopic (exact) mass is 836 g/mol. The summed E-state index contributed by atoms with van der Waals surface area (Å²) >= 11 is 1.58. The molecule has 0 aliphatic rings. The summed E-state index contributed by atoms with van der Waals surface area (Å²) in [5.41, 5.74) is 13.8. The number of aryl methyl sites for hydroxylation is 1. The summed E-state index contributed by atoms with van der Waals surface area (Å²) in [6.45, 7) is 6.83. The summed E-state index contributed by atoms with van der Waals surface area (Å²) in [5.74, 6) is 5.56. The minimum Gasteiger partial charge on any atom is -0.497 e. The van der Waals surface area contributed by atoms with Crippen molar-refractivity contribution >= 4 is 34.3 Å². The van der Waals surface area contributed by atoms with Gasteiger partial charge in [-0.2, -0.15) is 0 Å². The van der Waals surface area contributed by atoms with E-state index in [-0.39, 0.29) is 6.61 Å². The second-order valence-corrected chi connectivity index (χ2v) is 15.5. The molecular formula is C46H56N6O7S. The van der Waals surface area contributed by atoms with Gasteiger partial charge in [0.25, 0.3) is 0 Å². The Morgan fingerprint density at radius 1 is 0.667 bits per heavy atom. The number of fused-ring (bicyclic) bond motifs is 1. The number of imidazole rings is 1. The normalized spacial score (nSPS) is 11.2. The van der Waals surface area contributed by atoms with Crippen molar-refractivity contribution in [2.75, 3.05) is 74.0 Å². The third-order valence-corrected chi connectivity index (χ3v) is 11.4. The van der Waals surface area contributed by atoms with Crippen molar-refractivity contribution in [3.8, 4) is 34.5 Å². The molecule has 14 heteroatoms. The Balaban J connectivity index is 1.63. The van der Waals surface area contributed by atoms with Crippen LogP contribution in [0, 0.1) is 6.92 Å². The maximum atomic E-state index is 6.80. The van der Waals surface area contributed by atoms with Crippen molar-refractivity contribution in [2.24, 2.45) is 0 Å². The van der Waals surface area contributed by atoms with Gasteiger partial charge in [0, 0.05) is 71.7 Å². The highest BCUT2D eigenvalue weighted by atomic mass is 32.2. The van der Waals surface area contributed by atoms with E-state index in [4.69, 9.17) is 48.9 Å². The quantitative estimate of drug-likeness (QED) is 0.0741.